The average Bonchev–Trinajstić information content (AvgIpc) is 2.08. The highest BCUT2D eigenvalue weighted by molar-refractivity contribution is 5.94. The van der Waals surface area contributed by atoms with Crippen LogP contribution in [0.3, 0.4) is 0 Å². The van der Waals surface area contributed by atoms with Gasteiger partial charge in [0.05, 0.1) is 11.7 Å². The summed E-state index contributed by atoms with van der Waals surface area (Å²) in [6, 6.07) is 5.31. The maximum atomic E-state index is 13.0. The molecule has 0 aliphatic carbocycles. The van der Waals surface area contributed by atoms with Gasteiger partial charge in [0.15, 0.2) is 0 Å². The van der Waals surface area contributed by atoms with Crippen LogP contribution in [0.2, 0.25) is 0 Å². The van der Waals surface area contributed by atoms with Gasteiger partial charge in [0.1, 0.15) is 5.82 Å². The molecule has 1 amide bonds. The van der Waals surface area contributed by atoms with Crippen LogP contribution in [0.1, 0.15) is 6.92 Å². The summed E-state index contributed by atoms with van der Waals surface area (Å²) in [4.78, 5) is 11.1. The lowest BCUT2D eigenvalue weighted by Crippen LogP contribution is -2.32. The van der Waals surface area contributed by atoms with Gasteiger partial charge in [-0.3, -0.25) is 4.79 Å². The molecule has 1 aromatic carbocycles. The van der Waals surface area contributed by atoms with Gasteiger partial charge in [-0.2, -0.15) is 0 Å². The van der Waals surface area contributed by atoms with Gasteiger partial charge in [0.25, 0.3) is 0 Å². The van der Waals surface area contributed by atoms with Gasteiger partial charge in [0, 0.05) is 0 Å². The highest BCUT2D eigenvalue weighted by Gasteiger charge is 2.09. The summed E-state index contributed by atoms with van der Waals surface area (Å²) in [6.45, 7) is 1.54. The normalized spacial score (nSPS) is 12.2. The van der Waals surface area contributed by atoms with Crippen molar-refractivity contribution in [3.63, 3.8) is 0 Å². The minimum Gasteiger partial charge on any atom is -0.322 e. The molecule has 0 aliphatic rings. The molecule has 0 fully saturated rings. The Morgan fingerprint density at radius 2 is 2.15 bits per heavy atom. The van der Waals surface area contributed by atoms with Crippen LogP contribution in [-0.2, 0) is 4.79 Å². The van der Waals surface area contributed by atoms with Gasteiger partial charge < -0.3 is 11.1 Å². The summed E-state index contributed by atoms with van der Waals surface area (Å²) in [5.41, 5.74) is 5.46. The van der Waals surface area contributed by atoms with E-state index >= 15 is 0 Å². The molecule has 4 heteroatoms. The minimum atomic E-state index is -0.639. The number of para-hydroxylation sites is 1. The summed E-state index contributed by atoms with van der Waals surface area (Å²) in [7, 11) is 0. The zero-order chi connectivity index (χ0) is 9.84. The maximum absolute atomic E-state index is 13.0. The molecule has 0 unspecified atom stereocenters. The molecule has 70 valence electrons. The number of halogens is 1. The van der Waals surface area contributed by atoms with Crippen LogP contribution in [0.25, 0.3) is 0 Å². The fourth-order valence-corrected chi connectivity index (χ4v) is 0.809. The molecular weight excluding hydrogens is 171 g/mol. The van der Waals surface area contributed by atoms with Crippen LogP contribution in [0, 0.1) is 5.82 Å². The molecule has 0 spiro atoms. The number of benzene rings is 1. The smallest absolute Gasteiger partial charge is 0.241 e. The van der Waals surface area contributed by atoms with Crippen LogP contribution in [0.4, 0.5) is 10.1 Å². The fourth-order valence-electron chi connectivity index (χ4n) is 0.809. The van der Waals surface area contributed by atoms with Crippen LogP contribution < -0.4 is 11.1 Å². The largest absolute Gasteiger partial charge is 0.322 e. The van der Waals surface area contributed by atoms with E-state index in [-0.39, 0.29) is 5.69 Å². The second-order valence-electron chi connectivity index (χ2n) is 2.76. The lowest BCUT2D eigenvalue weighted by molar-refractivity contribution is -0.117. The van der Waals surface area contributed by atoms with Crippen molar-refractivity contribution in [2.24, 2.45) is 5.73 Å². The van der Waals surface area contributed by atoms with Gasteiger partial charge in [-0.15, -0.1) is 0 Å². The summed E-state index contributed by atoms with van der Waals surface area (Å²) in [5, 5.41) is 2.37. The summed E-state index contributed by atoms with van der Waals surface area (Å²) >= 11 is 0. The average molecular weight is 182 g/mol. The Kier molecular flexibility index (Phi) is 2.97. The van der Waals surface area contributed by atoms with Gasteiger partial charge in [-0.1, -0.05) is 12.1 Å². The highest BCUT2D eigenvalue weighted by atomic mass is 19.1. The molecule has 0 heterocycles. The van der Waals surface area contributed by atoms with Crippen molar-refractivity contribution in [3.05, 3.63) is 30.1 Å². The third-order valence-corrected chi connectivity index (χ3v) is 1.55. The Hall–Kier alpha value is -1.42. The minimum absolute atomic E-state index is 0.157. The van der Waals surface area contributed by atoms with E-state index in [1.54, 1.807) is 12.1 Å². The summed E-state index contributed by atoms with van der Waals surface area (Å²) < 4.78 is 13.0. The molecular formula is C9H11FN2O. The summed E-state index contributed by atoms with van der Waals surface area (Å²) in [5.74, 6) is -0.860. The van der Waals surface area contributed by atoms with Crippen LogP contribution in [0.15, 0.2) is 24.3 Å². The number of nitrogens with one attached hydrogen (secondary N) is 1. The molecule has 3 nitrogen and oxygen atoms in total. The molecule has 1 rings (SSSR count). The second-order valence-corrected chi connectivity index (χ2v) is 2.76. The Morgan fingerprint density at radius 1 is 1.54 bits per heavy atom. The van der Waals surface area contributed by atoms with Crippen molar-refractivity contribution in [2.45, 2.75) is 13.0 Å². The van der Waals surface area contributed by atoms with Crippen LogP contribution >= 0.6 is 0 Å². The first-order valence-electron chi connectivity index (χ1n) is 3.92. The summed E-state index contributed by atoms with van der Waals surface area (Å²) in [6.07, 6.45) is 0. The molecule has 0 radical (unpaired) electrons. The number of rotatable bonds is 2. The number of hydrogen-bond acceptors (Lipinski definition) is 2. The van der Waals surface area contributed by atoms with Gasteiger partial charge in [-0.05, 0) is 19.1 Å². The number of carbonyl (C=O) groups excluding carboxylic acids is 1. The van der Waals surface area contributed by atoms with E-state index < -0.39 is 17.8 Å². The highest BCUT2D eigenvalue weighted by Crippen LogP contribution is 2.12. The molecule has 3 N–H and O–H groups in total. The molecule has 0 bridgehead atoms. The molecule has 0 saturated carbocycles. The quantitative estimate of drug-likeness (QED) is 0.719. The zero-order valence-electron chi connectivity index (χ0n) is 7.25. The fraction of sp³-hybridized carbons (Fsp3) is 0.222. The van der Waals surface area contributed by atoms with Gasteiger partial charge in [0.2, 0.25) is 5.91 Å². The molecule has 0 saturated heterocycles. The Bertz CT molecular complexity index is 312. The zero-order valence-corrected chi connectivity index (χ0v) is 7.25. The number of amides is 1. The third kappa shape index (κ3) is 2.52. The SMILES string of the molecule is C[C@H](N)C(=O)Nc1ccccc1F. The standard InChI is InChI=1S/C9H11FN2O/c1-6(11)9(13)12-8-5-3-2-4-7(8)10/h2-6H,11H2,1H3,(H,12,13)/t6-/m0/s1. The van der Waals surface area contributed by atoms with Crippen molar-refractivity contribution < 1.29 is 9.18 Å². The van der Waals surface area contributed by atoms with Crippen molar-refractivity contribution in [1.29, 1.82) is 0 Å². The van der Waals surface area contributed by atoms with E-state index in [1.807, 2.05) is 0 Å². The Morgan fingerprint density at radius 3 is 2.69 bits per heavy atom. The van der Waals surface area contributed by atoms with E-state index in [9.17, 15) is 9.18 Å². The molecule has 1 aromatic rings. The predicted molar refractivity (Wildman–Crippen MR) is 48.7 cm³/mol. The predicted octanol–water partition coefficient (Wildman–Crippen LogP) is 1.11. The first-order chi connectivity index (χ1) is 6.11. The van der Waals surface area contributed by atoms with E-state index in [1.165, 1.54) is 19.1 Å². The van der Waals surface area contributed by atoms with Crippen LogP contribution in [-0.4, -0.2) is 11.9 Å². The number of carbonyl (C=O) groups is 1. The van der Waals surface area contributed by atoms with E-state index in [2.05, 4.69) is 5.32 Å². The number of hydrogen-bond donors (Lipinski definition) is 2. The van der Waals surface area contributed by atoms with Gasteiger partial charge in [-0.25, -0.2) is 4.39 Å². The lowest BCUT2D eigenvalue weighted by atomic mass is 10.3. The van der Waals surface area contributed by atoms with E-state index in [0.717, 1.165) is 0 Å². The Labute approximate surface area is 75.7 Å². The topological polar surface area (TPSA) is 55.1 Å². The van der Waals surface area contributed by atoms with Gasteiger partial charge >= 0.3 is 0 Å². The van der Waals surface area contributed by atoms with Crippen molar-refractivity contribution in [1.82, 2.24) is 0 Å². The first-order valence-corrected chi connectivity index (χ1v) is 3.92. The molecule has 0 aromatic heterocycles. The Balaban J connectivity index is 2.75. The molecule has 1 atom stereocenters. The van der Waals surface area contributed by atoms with Crippen molar-refractivity contribution >= 4 is 11.6 Å². The second kappa shape index (κ2) is 4.00. The molecule has 0 aliphatic heterocycles. The van der Waals surface area contributed by atoms with E-state index in [4.69, 9.17) is 5.73 Å². The first kappa shape index (κ1) is 9.67. The van der Waals surface area contributed by atoms with E-state index in [0.29, 0.717) is 0 Å². The molecule has 13 heavy (non-hydrogen) atoms. The maximum Gasteiger partial charge on any atom is 0.241 e. The third-order valence-electron chi connectivity index (χ3n) is 1.55. The number of anilines is 1. The van der Waals surface area contributed by atoms with Crippen molar-refractivity contribution in [3.8, 4) is 0 Å². The van der Waals surface area contributed by atoms with Crippen LogP contribution in [0.5, 0.6) is 0 Å². The number of nitrogens with two attached hydrogens (primary N) is 1. The van der Waals surface area contributed by atoms with Crippen molar-refractivity contribution in [2.75, 3.05) is 5.32 Å². The lowest BCUT2D eigenvalue weighted by Gasteiger charge is -2.07. The monoisotopic (exact) mass is 182 g/mol.